The van der Waals surface area contributed by atoms with Gasteiger partial charge in [0.1, 0.15) is 0 Å². The maximum Gasteiger partial charge on any atom is 0.180 e. The van der Waals surface area contributed by atoms with Gasteiger partial charge in [0.2, 0.25) is 0 Å². The average Bonchev–Trinajstić information content (AvgIpc) is 3.47. The number of benzene rings is 1. The molecule has 7 nitrogen and oxygen atoms in total. The maximum atomic E-state index is 4.57. The van der Waals surface area contributed by atoms with Crippen LogP contribution in [-0.2, 0) is 6.42 Å². The van der Waals surface area contributed by atoms with Crippen LogP contribution in [0.3, 0.4) is 0 Å². The Morgan fingerprint density at radius 1 is 1.21 bits per heavy atom. The molecule has 0 aliphatic carbocycles. The van der Waals surface area contributed by atoms with Gasteiger partial charge in [0.25, 0.3) is 0 Å². The quantitative estimate of drug-likeness (QED) is 0.481. The zero-order chi connectivity index (χ0) is 18.8. The number of hydrogen-bond donors (Lipinski definition) is 3. The van der Waals surface area contributed by atoms with Crippen LogP contribution in [-0.4, -0.2) is 37.2 Å². The minimum atomic E-state index is 0.665. The summed E-state index contributed by atoms with van der Waals surface area (Å²) in [6.45, 7) is 1.16. The summed E-state index contributed by atoms with van der Waals surface area (Å²) in [5, 5.41) is 13.9. The van der Waals surface area contributed by atoms with E-state index in [0.29, 0.717) is 6.04 Å². The second-order valence-corrected chi connectivity index (χ2v) is 7.26. The zero-order valence-corrected chi connectivity index (χ0v) is 15.6. The van der Waals surface area contributed by atoms with Crippen molar-refractivity contribution in [2.45, 2.75) is 31.7 Å². The fourth-order valence-corrected chi connectivity index (χ4v) is 3.90. The van der Waals surface area contributed by atoms with Crippen molar-refractivity contribution in [3.63, 3.8) is 0 Å². The number of H-pyrrole nitrogens is 1. The summed E-state index contributed by atoms with van der Waals surface area (Å²) in [4.78, 5) is 9.08. The van der Waals surface area contributed by atoms with Gasteiger partial charge in [-0.2, -0.15) is 5.10 Å². The molecule has 7 heteroatoms. The van der Waals surface area contributed by atoms with E-state index in [1.165, 1.54) is 24.8 Å². The average molecular weight is 373 g/mol. The summed E-state index contributed by atoms with van der Waals surface area (Å²) in [5.41, 5.74) is 5.14. The van der Waals surface area contributed by atoms with Crippen molar-refractivity contribution in [1.29, 1.82) is 0 Å². The Balaban J connectivity index is 1.37. The summed E-state index contributed by atoms with van der Waals surface area (Å²) in [7, 11) is 0. The van der Waals surface area contributed by atoms with Gasteiger partial charge < -0.3 is 10.6 Å². The second-order valence-electron chi connectivity index (χ2n) is 7.26. The zero-order valence-electron chi connectivity index (χ0n) is 15.6. The number of aromatic nitrogens is 5. The smallest absolute Gasteiger partial charge is 0.180 e. The first-order valence-corrected chi connectivity index (χ1v) is 9.77. The van der Waals surface area contributed by atoms with Gasteiger partial charge in [-0.1, -0.05) is 12.1 Å². The number of rotatable bonds is 6. The molecule has 28 heavy (non-hydrogen) atoms. The normalized spacial score (nSPS) is 16.6. The highest BCUT2D eigenvalue weighted by atomic mass is 15.1. The molecule has 4 aromatic rings. The van der Waals surface area contributed by atoms with E-state index in [2.05, 4.69) is 55.1 Å². The van der Waals surface area contributed by atoms with Gasteiger partial charge in [0.05, 0.1) is 18.1 Å². The molecule has 0 amide bonds. The number of aryl methyl sites for hydroxylation is 1. The highest BCUT2D eigenvalue weighted by molar-refractivity contribution is 5.73. The Bertz CT molecular complexity index is 1060. The molecule has 3 N–H and O–H groups in total. The number of anilines is 2. The Labute approximate surface area is 163 Å². The molecule has 1 aliphatic heterocycles. The van der Waals surface area contributed by atoms with Crippen molar-refractivity contribution in [2.24, 2.45) is 0 Å². The van der Waals surface area contributed by atoms with E-state index >= 15 is 0 Å². The number of aromatic amines is 1. The van der Waals surface area contributed by atoms with E-state index < -0.39 is 0 Å². The van der Waals surface area contributed by atoms with E-state index in [-0.39, 0.29) is 0 Å². The van der Waals surface area contributed by atoms with E-state index in [1.807, 2.05) is 23.0 Å². The summed E-state index contributed by atoms with van der Waals surface area (Å²) in [6, 6.07) is 9.24. The monoisotopic (exact) mass is 373 g/mol. The first-order chi connectivity index (χ1) is 13.9. The van der Waals surface area contributed by atoms with Gasteiger partial charge in [0.15, 0.2) is 11.5 Å². The van der Waals surface area contributed by atoms with E-state index in [1.54, 1.807) is 12.4 Å². The largest absolute Gasteiger partial charge is 0.337 e. The van der Waals surface area contributed by atoms with Crippen LogP contribution >= 0.6 is 0 Å². The molecular formula is C21H23N7. The SMILES string of the molecule is c1cc(CCC2CCCN2)cc(Nc2nccn3c(-c4cn[nH]c4)cnc23)c1. The lowest BCUT2D eigenvalue weighted by atomic mass is 10.0. The Morgan fingerprint density at radius 3 is 3.07 bits per heavy atom. The Kier molecular flexibility index (Phi) is 4.50. The highest BCUT2D eigenvalue weighted by Gasteiger charge is 2.14. The predicted molar refractivity (Wildman–Crippen MR) is 110 cm³/mol. The first-order valence-electron chi connectivity index (χ1n) is 9.77. The van der Waals surface area contributed by atoms with Crippen molar-refractivity contribution in [1.82, 2.24) is 29.9 Å². The summed E-state index contributed by atoms with van der Waals surface area (Å²) >= 11 is 0. The molecule has 142 valence electrons. The van der Waals surface area contributed by atoms with Crippen molar-refractivity contribution >= 4 is 17.2 Å². The minimum absolute atomic E-state index is 0.665. The van der Waals surface area contributed by atoms with Crippen LogP contribution in [0, 0.1) is 0 Å². The van der Waals surface area contributed by atoms with Crippen LogP contribution in [0.2, 0.25) is 0 Å². The predicted octanol–water partition coefficient (Wildman–Crippen LogP) is 3.55. The number of nitrogens with one attached hydrogen (secondary N) is 3. The number of hydrogen-bond acceptors (Lipinski definition) is 5. The van der Waals surface area contributed by atoms with Crippen LogP contribution < -0.4 is 10.6 Å². The Hall–Kier alpha value is -3.19. The van der Waals surface area contributed by atoms with E-state index in [9.17, 15) is 0 Å². The van der Waals surface area contributed by atoms with Crippen LogP contribution in [0.15, 0.2) is 55.2 Å². The van der Waals surface area contributed by atoms with E-state index in [4.69, 9.17) is 0 Å². The van der Waals surface area contributed by atoms with E-state index in [0.717, 1.165) is 41.4 Å². The van der Waals surface area contributed by atoms with Gasteiger partial charge in [-0.05, 0) is 49.9 Å². The second kappa shape index (κ2) is 7.44. The molecular weight excluding hydrogens is 350 g/mol. The molecule has 5 rings (SSSR count). The number of imidazole rings is 1. The van der Waals surface area contributed by atoms with Crippen LogP contribution in [0.4, 0.5) is 11.5 Å². The van der Waals surface area contributed by atoms with Gasteiger partial charge in [-0.3, -0.25) is 9.50 Å². The molecule has 0 radical (unpaired) electrons. The standard InChI is InChI=1S/C21H23N7/c1-3-15(6-7-17-5-2-8-22-17)11-18(4-1)27-20-21-24-14-19(16-12-25-26-13-16)28(21)10-9-23-20/h1,3-4,9-14,17,22H,2,5-8H2,(H,23,27)(H,25,26). The van der Waals surface area contributed by atoms with Crippen LogP contribution in [0.5, 0.6) is 0 Å². The topological polar surface area (TPSA) is 82.9 Å². The molecule has 4 heterocycles. The van der Waals surface area contributed by atoms with Crippen LogP contribution in [0.1, 0.15) is 24.8 Å². The molecule has 0 spiro atoms. The Morgan fingerprint density at radius 2 is 2.21 bits per heavy atom. The van der Waals surface area contributed by atoms with Gasteiger partial charge in [-0.25, -0.2) is 9.97 Å². The molecule has 3 aromatic heterocycles. The van der Waals surface area contributed by atoms with Crippen LogP contribution in [0.25, 0.3) is 16.9 Å². The first kappa shape index (κ1) is 16.9. The van der Waals surface area contributed by atoms with Gasteiger partial charge >= 0.3 is 0 Å². The molecule has 0 bridgehead atoms. The number of nitrogens with zero attached hydrogens (tertiary/aromatic N) is 4. The third kappa shape index (κ3) is 3.36. The lowest BCUT2D eigenvalue weighted by molar-refractivity contribution is 0.559. The van der Waals surface area contributed by atoms with Gasteiger partial charge in [-0.15, -0.1) is 0 Å². The molecule has 1 saturated heterocycles. The van der Waals surface area contributed by atoms with Crippen molar-refractivity contribution in [3.05, 3.63) is 60.8 Å². The molecule has 1 atom stereocenters. The summed E-state index contributed by atoms with van der Waals surface area (Å²) in [6.07, 6.45) is 14.1. The minimum Gasteiger partial charge on any atom is -0.337 e. The van der Waals surface area contributed by atoms with Gasteiger partial charge in [0, 0.05) is 35.9 Å². The number of fused-ring (bicyclic) bond motifs is 1. The molecule has 1 unspecified atom stereocenters. The summed E-state index contributed by atoms with van der Waals surface area (Å²) < 4.78 is 2.02. The molecule has 1 fully saturated rings. The molecule has 0 saturated carbocycles. The molecule has 1 aromatic carbocycles. The van der Waals surface area contributed by atoms with Crippen molar-refractivity contribution < 1.29 is 0 Å². The summed E-state index contributed by atoms with van der Waals surface area (Å²) in [5.74, 6) is 0.742. The lowest BCUT2D eigenvalue weighted by Crippen LogP contribution is -2.21. The fraction of sp³-hybridized carbons (Fsp3) is 0.286. The molecule has 1 aliphatic rings. The third-order valence-corrected chi connectivity index (χ3v) is 5.36. The van der Waals surface area contributed by atoms with Crippen molar-refractivity contribution in [2.75, 3.05) is 11.9 Å². The highest BCUT2D eigenvalue weighted by Crippen LogP contribution is 2.25. The van der Waals surface area contributed by atoms with Crippen molar-refractivity contribution in [3.8, 4) is 11.3 Å². The third-order valence-electron chi connectivity index (χ3n) is 5.36. The fourth-order valence-electron chi connectivity index (χ4n) is 3.90. The maximum absolute atomic E-state index is 4.57. The lowest BCUT2D eigenvalue weighted by Gasteiger charge is -2.11.